The fourth-order valence-corrected chi connectivity index (χ4v) is 2.62. The van der Waals surface area contributed by atoms with Crippen molar-refractivity contribution < 1.29 is 9.00 Å². The molecular weight excluding hydrogens is 250 g/mol. The fraction of sp³-hybridized carbons (Fsp3) is 0.917. The van der Waals surface area contributed by atoms with E-state index in [9.17, 15) is 9.00 Å². The zero-order chi connectivity index (χ0) is 13.6. The summed E-state index contributed by atoms with van der Waals surface area (Å²) < 4.78 is 11.3. The van der Waals surface area contributed by atoms with E-state index >= 15 is 0 Å². The van der Waals surface area contributed by atoms with Crippen LogP contribution in [-0.4, -0.2) is 64.8 Å². The maximum absolute atomic E-state index is 12.2. The summed E-state index contributed by atoms with van der Waals surface area (Å²) in [5.74, 6) is 1.22. The Bertz CT molecular complexity index is 302. The third kappa shape index (κ3) is 4.33. The van der Waals surface area contributed by atoms with Gasteiger partial charge in [0.2, 0.25) is 5.91 Å². The molecule has 1 heterocycles. The highest BCUT2D eigenvalue weighted by atomic mass is 32.2. The lowest BCUT2D eigenvalue weighted by Crippen LogP contribution is -2.60. The number of nitrogens with one attached hydrogen (secondary N) is 2. The Hall–Kier alpha value is -0.460. The standard InChI is InChI=1S/C12H25N3O2S/c1-4-18(17)10-7-14-11(16)12(2,3)15-8-5-13-6-9-15/h13H,4-10H2,1-3H3,(H,14,16). The van der Waals surface area contributed by atoms with E-state index in [2.05, 4.69) is 15.5 Å². The molecule has 106 valence electrons. The minimum absolute atomic E-state index is 0.0255. The van der Waals surface area contributed by atoms with Gasteiger partial charge in [-0.3, -0.25) is 13.9 Å². The first-order chi connectivity index (χ1) is 8.48. The Morgan fingerprint density at radius 3 is 2.56 bits per heavy atom. The zero-order valence-electron chi connectivity index (χ0n) is 11.6. The van der Waals surface area contributed by atoms with Crippen molar-refractivity contribution in [3.8, 4) is 0 Å². The molecule has 18 heavy (non-hydrogen) atoms. The summed E-state index contributed by atoms with van der Waals surface area (Å²) in [6.45, 7) is 9.92. The summed E-state index contributed by atoms with van der Waals surface area (Å²) in [6, 6.07) is 0. The van der Waals surface area contributed by atoms with Crippen molar-refractivity contribution in [3.05, 3.63) is 0 Å². The highest BCUT2D eigenvalue weighted by molar-refractivity contribution is 7.84. The third-order valence-electron chi connectivity index (χ3n) is 3.40. The Balaban J connectivity index is 2.40. The van der Waals surface area contributed by atoms with Crippen LogP contribution in [0.2, 0.25) is 0 Å². The Morgan fingerprint density at radius 2 is 2.00 bits per heavy atom. The van der Waals surface area contributed by atoms with Crippen LogP contribution in [0.1, 0.15) is 20.8 Å². The number of rotatable bonds is 6. The first kappa shape index (κ1) is 15.6. The molecule has 0 radical (unpaired) electrons. The van der Waals surface area contributed by atoms with Crippen LogP contribution in [0.25, 0.3) is 0 Å². The topological polar surface area (TPSA) is 61.4 Å². The van der Waals surface area contributed by atoms with Gasteiger partial charge in [0.15, 0.2) is 0 Å². The highest BCUT2D eigenvalue weighted by Gasteiger charge is 2.34. The number of carbonyl (C=O) groups excluding carboxylic acids is 1. The number of piperazine rings is 1. The molecule has 6 heteroatoms. The number of hydrogen-bond acceptors (Lipinski definition) is 4. The molecule has 0 saturated carbocycles. The van der Waals surface area contributed by atoms with E-state index in [-0.39, 0.29) is 5.91 Å². The predicted octanol–water partition coefficient (Wildman–Crippen LogP) is -0.445. The molecule has 1 fully saturated rings. The average Bonchev–Trinajstić information content (AvgIpc) is 2.39. The minimum atomic E-state index is -0.813. The molecule has 0 aromatic carbocycles. The normalized spacial score (nSPS) is 19.5. The molecule has 0 aliphatic carbocycles. The van der Waals surface area contributed by atoms with Crippen LogP contribution < -0.4 is 10.6 Å². The summed E-state index contributed by atoms with van der Waals surface area (Å²) in [5.41, 5.74) is -0.490. The van der Waals surface area contributed by atoms with Crippen LogP contribution in [-0.2, 0) is 15.6 Å². The van der Waals surface area contributed by atoms with E-state index in [1.54, 1.807) is 0 Å². The van der Waals surface area contributed by atoms with Gasteiger partial charge in [0, 0.05) is 55.0 Å². The number of hydrogen-bond donors (Lipinski definition) is 2. The van der Waals surface area contributed by atoms with Crippen LogP contribution in [0.4, 0.5) is 0 Å². The van der Waals surface area contributed by atoms with E-state index in [1.807, 2.05) is 20.8 Å². The highest BCUT2D eigenvalue weighted by Crippen LogP contribution is 2.14. The third-order valence-corrected chi connectivity index (χ3v) is 4.70. The van der Waals surface area contributed by atoms with Gasteiger partial charge in [-0.1, -0.05) is 6.92 Å². The summed E-state index contributed by atoms with van der Waals surface area (Å²) in [7, 11) is -0.813. The van der Waals surface area contributed by atoms with Gasteiger partial charge in [0.05, 0.1) is 5.54 Å². The van der Waals surface area contributed by atoms with E-state index in [1.165, 1.54) is 0 Å². The molecule has 0 aromatic heterocycles. The summed E-state index contributed by atoms with van der Waals surface area (Å²) in [5, 5.41) is 6.17. The Morgan fingerprint density at radius 1 is 1.39 bits per heavy atom. The van der Waals surface area contributed by atoms with Gasteiger partial charge in [0.25, 0.3) is 0 Å². The Labute approximate surface area is 112 Å². The van der Waals surface area contributed by atoms with E-state index < -0.39 is 16.3 Å². The van der Waals surface area contributed by atoms with Gasteiger partial charge in [0.1, 0.15) is 0 Å². The van der Waals surface area contributed by atoms with Crippen molar-refractivity contribution in [3.63, 3.8) is 0 Å². The zero-order valence-corrected chi connectivity index (χ0v) is 12.4. The molecular formula is C12H25N3O2S. The molecule has 5 nitrogen and oxygen atoms in total. The number of amides is 1. The van der Waals surface area contributed by atoms with E-state index in [4.69, 9.17) is 0 Å². The van der Waals surface area contributed by atoms with Crippen LogP contribution in [0.15, 0.2) is 0 Å². The van der Waals surface area contributed by atoms with Crippen molar-refractivity contribution in [2.45, 2.75) is 26.3 Å². The summed E-state index contributed by atoms with van der Waals surface area (Å²) in [4.78, 5) is 14.4. The quantitative estimate of drug-likeness (QED) is 0.690. The second kappa shape index (κ2) is 7.21. The van der Waals surface area contributed by atoms with Crippen molar-refractivity contribution in [2.75, 3.05) is 44.2 Å². The van der Waals surface area contributed by atoms with Gasteiger partial charge in [-0.2, -0.15) is 0 Å². The number of nitrogens with zero attached hydrogens (tertiary/aromatic N) is 1. The minimum Gasteiger partial charge on any atom is -0.354 e. The lowest BCUT2D eigenvalue weighted by Gasteiger charge is -2.39. The second-order valence-corrected chi connectivity index (χ2v) is 6.85. The average molecular weight is 275 g/mol. The molecule has 1 aliphatic heterocycles. The lowest BCUT2D eigenvalue weighted by molar-refractivity contribution is -0.132. The molecule has 0 bridgehead atoms. The maximum atomic E-state index is 12.2. The van der Waals surface area contributed by atoms with Crippen LogP contribution in [0, 0.1) is 0 Å². The molecule has 1 saturated heterocycles. The van der Waals surface area contributed by atoms with Crippen LogP contribution in [0.5, 0.6) is 0 Å². The number of carbonyl (C=O) groups is 1. The van der Waals surface area contributed by atoms with Crippen molar-refractivity contribution >= 4 is 16.7 Å². The van der Waals surface area contributed by atoms with Gasteiger partial charge in [-0.25, -0.2) is 0 Å². The monoisotopic (exact) mass is 275 g/mol. The maximum Gasteiger partial charge on any atom is 0.239 e. The molecule has 1 atom stereocenters. The first-order valence-electron chi connectivity index (χ1n) is 6.57. The molecule has 1 amide bonds. The van der Waals surface area contributed by atoms with Crippen LogP contribution >= 0.6 is 0 Å². The molecule has 0 spiro atoms. The lowest BCUT2D eigenvalue weighted by atomic mass is 10.0. The SMILES string of the molecule is CCS(=O)CCNC(=O)C(C)(C)N1CCNCC1. The summed E-state index contributed by atoms with van der Waals surface area (Å²) >= 11 is 0. The second-order valence-electron chi connectivity index (χ2n) is 4.98. The van der Waals surface area contributed by atoms with E-state index in [0.717, 1.165) is 26.2 Å². The smallest absolute Gasteiger partial charge is 0.239 e. The van der Waals surface area contributed by atoms with Crippen molar-refractivity contribution in [1.82, 2.24) is 15.5 Å². The predicted molar refractivity (Wildman–Crippen MR) is 75.1 cm³/mol. The fourth-order valence-electron chi connectivity index (χ4n) is 2.01. The molecule has 0 aromatic rings. The van der Waals surface area contributed by atoms with Gasteiger partial charge < -0.3 is 10.6 Å². The van der Waals surface area contributed by atoms with Crippen molar-refractivity contribution in [1.29, 1.82) is 0 Å². The largest absolute Gasteiger partial charge is 0.354 e. The molecule has 1 unspecified atom stereocenters. The Kier molecular flexibility index (Phi) is 6.25. The summed E-state index contributed by atoms with van der Waals surface area (Å²) in [6.07, 6.45) is 0. The van der Waals surface area contributed by atoms with Gasteiger partial charge in [-0.15, -0.1) is 0 Å². The van der Waals surface area contributed by atoms with Gasteiger partial charge >= 0.3 is 0 Å². The molecule has 1 rings (SSSR count). The first-order valence-corrected chi connectivity index (χ1v) is 8.06. The molecule has 2 N–H and O–H groups in total. The van der Waals surface area contributed by atoms with E-state index in [0.29, 0.717) is 18.1 Å². The molecule has 1 aliphatic rings. The van der Waals surface area contributed by atoms with Gasteiger partial charge in [-0.05, 0) is 13.8 Å². The van der Waals surface area contributed by atoms with Crippen molar-refractivity contribution in [2.24, 2.45) is 0 Å². The van der Waals surface area contributed by atoms with Crippen LogP contribution in [0.3, 0.4) is 0 Å².